The van der Waals surface area contributed by atoms with Crippen molar-refractivity contribution in [2.75, 3.05) is 6.54 Å². The van der Waals surface area contributed by atoms with E-state index in [-0.39, 0.29) is 5.75 Å². The molecule has 2 aromatic rings. The quantitative estimate of drug-likeness (QED) is 0.336. The average Bonchev–Trinajstić information content (AvgIpc) is 3.43. The molecule has 0 radical (unpaired) electrons. The van der Waals surface area contributed by atoms with Crippen LogP contribution in [0.25, 0.3) is 5.70 Å². The fourth-order valence-corrected chi connectivity index (χ4v) is 4.27. The molecule has 3 rings (SSSR count). The molecule has 0 spiro atoms. The molecule has 26 heavy (non-hydrogen) atoms. The second kappa shape index (κ2) is 8.46. The molecule has 1 fully saturated rings. The van der Waals surface area contributed by atoms with Gasteiger partial charge in [0.2, 0.25) is 0 Å². The Morgan fingerprint density at radius 3 is 2.23 bits per heavy atom. The lowest BCUT2D eigenvalue weighted by atomic mass is 10.1. The van der Waals surface area contributed by atoms with Crippen LogP contribution >= 0.6 is 59.4 Å². The van der Waals surface area contributed by atoms with Gasteiger partial charge in [0.1, 0.15) is 5.75 Å². The van der Waals surface area contributed by atoms with Crippen LogP contribution in [0.15, 0.2) is 49.3 Å². The van der Waals surface area contributed by atoms with E-state index in [0.29, 0.717) is 32.6 Å². The first-order valence-electron chi connectivity index (χ1n) is 8.04. The molecule has 136 valence electrons. The molecular weight excluding hydrogens is 547 g/mol. The number of halogens is 4. The highest BCUT2D eigenvalue weighted by atomic mass is 79.9. The maximum atomic E-state index is 9.80. The van der Waals surface area contributed by atoms with Crippen LogP contribution in [0.3, 0.4) is 0 Å². The number of allylic oxidation sites excluding steroid dienone is 1. The molecule has 0 amide bonds. The van der Waals surface area contributed by atoms with E-state index < -0.39 is 0 Å². The smallest absolute Gasteiger partial charge is 0.143 e. The highest BCUT2D eigenvalue weighted by molar-refractivity contribution is 9.11. The molecule has 7 heteroatoms. The van der Waals surface area contributed by atoms with Gasteiger partial charge in [-0.25, -0.2) is 0 Å². The second-order valence-electron chi connectivity index (χ2n) is 6.05. The van der Waals surface area contributed by atoms with Crippen molar-refractivity contribution in [1.29, 1.82) is 5.41 Å². The number of hydrogen-bond donors (Lipinski definition) is 3. The van der Waals surface area contributed by atoms with Crippen molar-refractivity contribution >= 4 is 70.8 Å². The molecule has 0 aliphatic heterocycles. The minimum atomic E-state index is 0.147. The molecule has 0 heterocycles. The Hall–Kier alpha value is -0.820. The number of phenolic OH excluding ortho intramolecular Hbond substituents is 1. The van der Waals surface area contributed by atoms with Crippen molar-refractivity contribution in [2.45, 2.75) is 19.3 Å². The van der Waals surface area contributed by atoms with Crippen LogP contribution in [0.2, 0.25) is 5.02 Å². The van der Waals surface area contributed by atoms with Gasteiger partial charge in [-0.2, -0.15) is 0 Å². The Labute approximate surface area is 182 Å². The van der Waals surface area contributed by atoms with E-state index in [9.17, 15) is 5.11 Å². The highest BCUT2D eigenvalue weighted by Gasteiger charge is 2.19. The Kier molecular flexibility index (Phi) is 6.49. The van der Waals surface area contributed by atoms with Crippen molar-refractivity contribution < 1.29 is 5.11 Å². The third kappa shape index (κ3) is 4.71. The minimum Gasteiger partial charge on any atom is -0.506 e. The summed E-state index contributed by atoms with van der Waals surface area (Å²) in [6.07, 6.45) is 2.80. The van der Waals surface area contributed by atoms with E-state index in [1.54, 1.807) is 12.1 Å². The molecule has 1 aliphatic carbocycles. The van der Waals surface area contributed by atoms with Crippen LogP contribution in [0, 0.1) is 5.41 Å². The third-order valence-corrected chi connectivity index (χ3v) is 6.53. The Morgan fingerprint density at radius 2 is 1.65 bits per heavy atom. The zero-order chi connectivity index (χ0) is 18.8. The molecule has 1 saturated carbocycles. The molecule has 0 bridgehead atoms. The summed E-state index contributed by atoms with van der Waals surface area (Å²) in [5.41, 5.74) is 4.94. The fraction of sp³-hybridized carbons (Fsp3) is 0.211. The van der Waals surface area contributed by atoms with Crippen LogP contribution in [-0.4, -0.2) is 17.4 Å². The second-order valence-corrected chi connectivity index (χ2v) is 9.02. The molecule has 1 aliphatic rings. The number of hydrogen-bond acceptors (Lipinski definition) is 3. The molecule has 3 nitrogen and oxygen atoms in total. The van der Waals surface area contributed by atoms with E-state index in [1.165, 1.54) is 5.57 Å². The van der Waals surface area contributed by atoms with Gasteiger partial charge in [-0.1, -0.05) is 17.7 Å². The van der Waals surface area contributed by atoms with Gasteiger partial charge in [0.05, 0.1) is 14.0 Å². The SMILES string of the molecule is N=C(CCNC(=C1CC1)c1ccc(Cl)c(Br)c1)c1cc(Br)c(O)c(Br)c1. The summed E-state index contributed by atoms with van der Waals surface area (Å²) in [4.78, 5) is 0. The summed E-state index contributed by atoms with van der Waals surface area (Å²) in [5, 5.41) is 22.3. The normalized spacial score (nSPS) is 12.8. The zero-order valence-corrected chi connectivity index (χ0v) is 19.2. The monoisotopic (exact) mass is 560 g/mol. The lowest BCUT2D eigenvalue weighted by Crippen LogP contribution is -2.17. The first-order valence-corrected chi connectivity index (χ1v) is 10.8. The Bertz CT molecular complexity index is 883. The fourth-order valence-electron chi connectivity index (χ4n) is 2.59. The average molecular weight is 564 g/mol. The van der Waals surface area contributed by atoms with E-state index in [0.717, 1.165) is 34.1 Å². The summed E-state index contributed by atoms with van der Waals surface area (Å²) >= 11 is 16.2. The van der Waals surface area contributed by atoms with Crippen molar-refractivity contribution in [1.82, 2.24) is 5.32 Å². The van der Waals surface area contributed by atoms with Gasteiger partial charge in [-0.3, -0.25) is 0 Å². The Balaban J connectivity index is 1.67. The molecule has 2 aromatic carbocycles. The standard InChI is InChI=1S/C19H16Br3ClN2O/c20-13-7-11(3-4-16(13)23)18(10-1-2-10)25-6-5-17(24)12-8-14(21)19(26)15(22)9-12/h3-4,7-9,24-26H,1-2,5-6H2. The summed E-state index contributed by atoms with van der Waals surface area (Å²) in [6, 6.07) is 9.45. The molecule has 3 N–H and O–H groups in total. The van der Waals surface area contributed by atoms with E-state index in [4.69, 9.17) is 17.0 Å². The van der Waals surface area contributed by atoms with Crippen molar-refractivity contribution in [3.8, 4) is 5.75 Å². The van der Waals surface area contributed by atoms with Gasteiger partial charge in [0.25, 0.3) is 0 Å². The molecular formula is C19H16Br3ClN2O. The summed E-state index contributed by atoms with van der Waals surface area (Å²) in [5.74, 6) is 0.147. The van der Waals surface area contributed by atoms with Gasteiger partial charge in [0.15, 0.2) is 0 Å². The lowest BCUT2D eigenvalue weighted by molar-refractivity contribution is 0.468. The predicted molar refractivity (Wildman–Crippen MR) is 118 cm³/mol. The van der Waals surface area contributed by atoms with Gasteiger partial charge in [-0.05, 0) is 102 Å². The number of phenols is 1. The number of nitrogens with one attached hydrogen (secondary N) is 2. The van der Waals surface area contributed by atoms with Crippen LogP contribution < -0.4 is 5.32 Å². The van der Waals surface area contributed by atoms with Crippen LogP contribution in [0.4, 0.5) is 0 Å². The largest absolute Gasteiger partial charge is 0.506 e. The van der Waals surface area contributed by atoms with Gasteiger partial charge in [0, 0.05) is 28.8 Å². The van der Waals surface area contributed by atoms with E-state index >= 15 is 0 Å². The summed E-state index contributed by atoms with van der Waals surface area (Å²) < 4.78 is 2.03. The third-order valence-electron chi connectivity index (χ3n) is 4.10. The summed E-state index contributed by atoms with van der Waals surface area (Å²) in [6.45, 7) is 0.661. The predicted octanol–water partition coefficient (Wildman–Crippen LogP) is 6.89. The lowest BCUT2D eigenvalue weighted by Gasteiger charge is -2.13. The van der Waals surface area contributed by atoms with Crippen LogP contribution in [0.1, 0.15) is 30.4 Å². The number of aromatic hydroxyl groups is 1. The zero-order valence-electron chi connectivity index (χ0n) is 13.7. The van der Waals surface area contributed by atoms with Crippen molar-refractivity contribution in [2.24, 2.45) is 0 Å². The Morgan fingerprint density at radius 1 is 1.04 bits per heavy atom. The van der Waals surface area contributed by atoms with Crippen LogP contribution in [-0.2, 0) is 0 Å². The maximum absolute atomic E-state index is 9.80. The maximum Gasteiger partial charge on any atom is 0.143 e. The van der Waals surface area contributed by atoms with Crippen molar-refractivity contribution in [3.63, 3.8) is 0 Å². The number of rotatable bonds is 6. The first kappa shape index (κ1) is 19.9. The first-order chi connectivity index (χ1) is 12.4. The topological polar surface area (TPSA) is 56.1 Å². The number of benzene rings is 2. The van der Waals surface area contributed by atoms with Crippen LogP contribution in [0.5, 0.6) is 5.75 Å². The highest BCUT2D eigenvalue weighted by Crippen LogP contribution is 2.37. The van der Waals surface area contributed by atoms with E-state index in [1.807, 2.05) is 18.2 Å². The molecule has 0 saturated heterocycles. The van der Waals surface area contributed by atoms with Crippen molar-refractivity contribution in [3.05, 3.63) is 65.5 Å². The molecule has 0 atom stereocenters. The van der Waals surface area contributed by atoms with Gasteiger partial charge in [-0.15, -0.1) is 0 Å². The summed E-state index contributed by atoms with van der Waals surface area (Å²) in [7, 11) is 0. The minimum absolute atomic E-state index is 0.147. The van der Waals surface area contributed by atoms with E-state index in [2.05, 4.69) is 53.1 Å². The molecule has 0 unspecified atom stereocenters. The van der Waals surface area contributed by atoms with Gasteiger partial charge >= 0.3 is 0 Å². The molecule has 0 aromatic heterocycles. The van der Waals surface area contributed by atoms with Gasteiger partial charge < -0.3 is 15.8 Å².